The topological polar surface area (TPSA) is 226 Å². The van der Waals surface area contributed by atoms with Gasteiger partial charge in [0.25, 0.3) is 0 Å². The van der Waals surface area contributed by atoms with Gasteiger partial charge in [0.15, 0.2) is 11.6 Å². The Hall–Kier alpha value is -15.2. The van der Waals surface area contributed by atoms with Gasteiger partial charge in [0.05, 0.1) is 78.7 Å². The zero-order chi connectivity index (χ0) is 81.2. The van der Waals surface area contributed by atoms with Gasteiger partial charge in [0.2, 0.25) is 0 Å². The first kappa shape index (κ1) is 74.9. The molecule has 6 N–H and O–H groups in total. The SMILES string of the molecule is OB(O)c1cccc2c1c1ccccc1n2-c1ccc(-c2cc(-c3ccccc3)nc(-c3ccccc3)n2)cc1.OB(O)c1cccc2c1c1ccccc1n2-c1ccc(-c2cc(-c3ccccn3)nc(-c3ccccn3)c2)cc1.OB(O)c1cccc2c1c1ccccc1n2-c1cccc(-c2nc(-c3ccccc3)cc(-c3ccccc3)n2)c1. The van der Waals surface area contributed by atoms with Crippen LogP contribution >= 0.6 is 0 Å². The number of nitrogens with zero attached hydrogens (tertiary/aromatic N) is 10. The third-order valence-corrected chi connectivity index (χ3v) is 21.6. The van der Waals surface area contributed by atoms with Crippen molar-refractivity contribution in [2.45, 2.75) is 0 Å². The second kappa shape index (κ2) is 32.8. The van der Waals surface area contributed by atoms with Crippen LogP contribution in [0.25, 0.3) is 184 Å². The van der Waals surface area contributed by atoms with E-state index >= 15 is 0 Å². The van der Waals surface area contributed by atoms with E-state index in [1.165, 1.54) is 0 Å². The van der Waals surface area contributed by atoms with Crippen molar-refractivity contribution in [3.8, 4) is 119 Å². The van der Waals surface area contributed by atoms with Gasteiger partial charge in [-0.1, -0.05) is 261 Å². The van der Waals surface area contributed by atoms with Gasteiger partial charge in [-0.3, -0.25) is 9.97 Å². The van der Waals surface area contributed by atoms with Crippen LogP contribution < -0.4 is 16.4 Å². The van der Waals surface area contributed by atoms with Crippen molar-refractivity contribution >= 4 is 103 Å². The average molecular weight is 1550 g/mol. The molecule has 8 heterocycles. The van der Waals surface area contributed by atoms with E-state index in [-0.39, 0.29) is 0 Å². The second-order valence-corrected chi connectivity index (χ2v) is 29.0. The summed E-state index contributed by atoms with van der Waals surface area (Å²) in [5, 5.41) is 65.9. The maximum Gasteiger partial charge on any atom is 0.489 e. The van der Waals surface area contributed by atoms with Crippen molar-refractivity contribution in [2.75, 3.05) is 0 Å². The summed E-state index contributed by atoms with van der Waals surface area (Å²) in [5.74, 6) is 1.31. The van der Waals surface area contributed by atoms with Gasteiger partial charge >= 0.3 is 21.4 Å². The fourth-order valence-corrected chi connectivity index (χ4v) is 16.1. The summed E-state index contributed by atoms with van der Waals surface area (Å²) in [7, 11) is -4.68. The van der Waals surface area contributed by atoms with Gasteiger partial charge in [0, 0.05) is 95.2 Å². The van der Waals surface area contributed by atoms with Crippen LogP contribution in [0, 0.1) is 0 Å². The molecule has 19 heteroatoms. The van der Waals surface area contributed by atoms with Gasteiger partial charge in [-0.15, -0.1) is 0 Å². The Bertz CT molecular complexity index is 6850. The molecule has 570 valence electrons. The molecule has 0 aliphatic heterocycles. The monoisotopic (exact) mass is 1550 g/mol. The normalized spacial score (nSPS) is 11.2. The molecule has 0 fully saturated rings. The minimum atomic E-state index is -1.57. The second-order valence-electron chi connectivity index (χ2n) is 29.0. The van der Waals surface area contributed by atoms with Crippen LogP contribution in [0.5, 0.6) is 0 Å². The van der Waals surface area contributed by atoms with Crippen molar-refractivity contribution < 1.29 is 30.1 Å². The maximum atomic E-state index is 10.1. The smallest absolute Gasteiger partial charge is 0.423 e. The lowest BCUT2D eigenvalue weighted by Crippen LogP contribution is -2.30. The van der Waals surface area contributed by atoms with Crippen molar-refractivity contribution in [2.24, 2.45) is 0 Å². The maximum absolute atomic E-state index is 10.1. The highest BCUT2D eigenvalue weighted by Crippen LogP contribution is 2.39. The minimum Gasteiger partial charge on any atom is -0.423 e. The van der Waals surface area contributed by atoms with E-state index in [9.17, 15) is 30.1 Å². The lowest BCUT2D eigenvalue weighted by molar-refractivity contribution is 0.425. The van der Waals surface area contributed by atoms with Gasteiger partial charge < -0.3 is 43.8 Å². The fraction of sp³-hybridized carbons (Fsp3) is 0. The minimum absolute atomic E-state index is 0.481. The van der Waals surface area contributed by atoms with Crippen LogP contribution in [0.4, 0.5) is 0 Å². The first-order valence-corrected chi connectivity index (χ1v) is 39.3. The molecule has 0 unspecified atom stereocenters. The molecule has 0 radical (unpaired) electrons. The molecular weight excluding hydrogens is 1480 g/mol. The molecule has 21 rings (SSSR count). The lowest BCUT2D eigenvalue weighted by atomic mass is 9.77. The predicted molar refractivity (Wildman–Crippen MR) is 485 cm³/mol. The van der Waals surface area contributed by atoms with E-state index in [4.69, 9.17) is 24.9 Å². The summed E-state index contributed by atoms with van der Waals surface area (Å²) in [6.45, 7) is 0. The number of para-hydroxylation sites is 3. The molecule has 0 saturated heterocycles. The summed E-state index contributed by atoms with van der Waals surface area (Å²) < 4.78 is 6.47. The highest BCUT2D eigenvalue weighted by atomic mass is 16.4. The Morgan fingerprint density at radius 1 is 0.192 bits per heavy atom. The lowest BCUT2D eigenvalue weighted by Gasteiger charge is -2.12. The third-order valence-electron chi connectivity index (χ3n) is 21.6. The van der Waals surface area contributed by atoms with Crippen molar-refractivity contribution in [1.29, 1.82) is 0 Å². The van der Waals surface area contributed by atoms with Crippen LogP contribution in [0.15, 0.2) is 395 Å². The number of aromatic nitrogens is 10. The average Bonchev–Trinajstić information content (AvgIpc) is 1.59. The zero-order valence-electron chi connectivity index (χ0n) is 64.4. The van der Waals surface area contributed by atoms with Crippen LogP contribution in [-0.2, 0) is 0 Å². The first-order chi connectivity index (χ1) is 59.0. The molecule has 0 aliphatic rings. The molecule has 0 bridgehead atoms. The summed E-state index contributed by atoms with van der Waals surface area (Å²) in [4.78, 5) is 33.8. The molecule has 120 heavy (non-hydrogen) atoms. The summed E-state index contributed by atoms with van der Waals surface area (Å²) in [6.07, 6.45) is 3.54. The third kappa shape index (κ3) is 14.6. The Morgan fingerprint density at radius 2 is 0.500 bits per heavy atom. The molecule has 16 nitrogen and oxygen atoms in total. The number of fused-ring (bicyclic) bond motifs is 9. The number of benzene rings is 13. The van der Waals surface area contributed by atoms with Crippen LogP contribution in [-0.4, -0.2) is 100 Å². The largest absolute Gasteiger partial charge is 0.489 e. The molecule has 0 spiro atoms. The van der Waals surface area contributed by atoms with Gasteiger partial charge in [-0.2, -0.15) is 0 Å². The predicted octanol–water partition coefficient (Wildman–Crippen LogP) is 18.2. The Kier molecular flexibility index (Phi) is 20.5. The summed E-state index contributed by atoms with van der Waals surface area (Å²) >= 11 is 0. The van der Waals surface area contributed by atoms with Gasteiger partial charge in [-0.05, 0) is 149 Å². The molecule has 21 aromatic rings. The van der Waals surface area contributed by atoms with E-state index in [0.29, 0.717) is 28.0 Å². The molecule has 0 atom stereocenters. The van der Waals surface area contributed by atoms with Crippen LogP contribution in [0.1, 0.15) is 0 Å². The molecular formula is C101H71B3N10O6. The summed E-state index contributed by atoms with van der Waals surface area (Å²) in [5.41, 5.74) is 24.6. The molecule has 0 amide bonds. The quantitative estimate of drug-likeness (QED) is 0.0526. The number of hydrogen-bond acceptors (Lipinski definition) is 13. The molecule has 8 aromatic heterocycles. The number of rotatable bonds is 15. The van der Waals surface area contributed by atoms with Crippen LogP contribution in [0.2, 0.25) is 0 Å². The van der Waals surface area contributed by atoms with Gasteiger partial charge in [-0.25, -0.2) is 24.9 Å². The Labute approximate surface area is 691 Å². The van der Waals surface area contributed by atoms with E-state index in [2.05, 4.69) is 151 Å². The van der Waals surface area contributed by atoms with E-state index < -0.39 is 21.4 Å². The Balaban J connectivity index is 0.000000119. The highest BCUT2D eigenvalue weighted by Gasteiger charge is 2.26. The van der Waals surface area contributed by atoms with E-state index in [1.807, 2.05) is 237 Å². The standard InChI is InChI=1S/2C34H24BN3O2.C33H23BN4O2/c39-35(40)28-18-10-20-32-33(28)27-17-7-8-19-31(27)38(32)26-16-9-15-25(21-26)34-36-29(23-11-3-1-4-12-23)22-30(37-34)24-13-5-2-6-14-24;39-35(40)28-15-9-17-32-33(28)27-14-7-8-16-31(27)38(32)26-20-18-24(19-21-26)30-22-29(23-10-3-1-4-11-23)36-34(37-30)25-12-5-2-6-13-25;39-34(40)26-9-7-13-32-33(26)25-8-1-2-12-31(25)38(32)24-16-14-22(15-17-24)23-20-29(27-10-3-5-18-35-27)37-30(21-23)28-11-4-6-19-36-28/h2*1-22,39-40H;1-21,39-40H. The highest BCUT2D eigenvalue weighted by molar-refractivity contribution is 6.64. The molecule has 0 saturated carbocycles. The van der Waals surface area contributed by atoms with Crippen molar-refractivity contribution in [1.82, 2.24) is 48.6 Å². The first-order valence-electron chi connectivity index (χ1n) is 39.3. The van der Waals surface area contributed by atoms with E-state index in [1.54, 1.807) is 30.6 Å². The fourth-order valence-electron chi connectivity index (χ4n) is 16.1. The van der Waals surface area contributed by atoms with Crippen LogP contribution in [0.3, 0.4) is 0 Å². The Morgan fingerprint density at radius 3 is 0.875 bits per heavy atom. The van der Waals surface area contributed by atoms with E-state index in [0.717, 1.165) is 173 Å². The van der Waals surface area contributed by atoms with Crippen molar-refractivity contribution in [3.05, 3.63) is 395 Å². The van der Waals surface area contributed by atoms with Crippen molar-refractivity contribution in [3.63, 3.8) is 0 Å². The molecule has 13 aromatic carbocycles. The molecule has 0 aliphatic carbocycles. The summed E-state index contributed by atoms with van der Waals surface area (Å²) in [6, 6.07) is 126. The number of hydrogen-bond donors (Lipinski definition) is 6. The van der Waals surface area contributed by atoms with Gasteiger partial charge in [0.1, 0.15) is 0 Å². The zero-order valence-corrected chi connectivity index (χ0v) is 64.4. The number of pyridine rings is 3.